The van der Waals surface area contributed by atoms with Gasteiger partial charge in [-0.2, -0.15) is 0 Å². The van der Waals surface area contributed by atoms with E-state index in [0.717, 1.165) is 30.6 Å². The molecule has 1 aliphatic heterocycles. The van der Waals surface area contributed by atoms with Gasteiger partial charge in [0, 0.05) is 23.0 Å². The van der Waals surface area contributed by atoms with Gasteiger partial charge in [0.15, 0.2) is 0 Å². The van der Waals surface area contributed by atoms with Crippen LogP contribution in [0, 0.1) is 0 Å². The largest absolute Gasteiger partial charge is 0.490 e. The molecule has 0 amide bonds. The van der Waals surface area contributed by atoms with Crippen LogP contribution in [-0.4, -0.2) is 72.2 Å². The molecule has 2 aliphatic carbocycles. The quantitative estimate of drug-likeness (QED) is 0.224. The summed E-state index contributed by atoms with van der Waals surface area (Å²) in [7, 11) is 0. The van der Waals surface area contributed by atoms with Gasteiger partial charge in [-0.25, -0.2) is 0 Å². The Morgan fingerprint density at radius 1 is 0.542 bits per heavy atom. The second-order valence-corrected chi connectivity index (χ2v) is 12.9. The van der Waals surface area contributed by atoms with Gasteiger partial charge >= 0.3 is 0 Å². The Kier molecular flexibility index (Phi) is 11.5. The van der Waals surface area contributed by atoms with Crippen LogP contribution < -0.4 is 4.74 Å². The minimum absolute atomic E-state index is 0.0195. The first-order valence-electron chi connectivity index (χ1n) is 17.8. The molecule has 2 unspecified atom stereocenters. The molecule has 4 aromatic carbocycles. The minimum Gasteiger partial charge on any atom is -0.490 e. The lowest BCUT2D eigenvalue weighted by Crippen LogP contribution is -2.38. The Hall–Kier alpha value is -3.52. The van der Waals surface area contributed by atoms with Gasteiger partial charge in [-0.1, -0.05) is 84.9 Å². The van der Waals surface area contributed by atoms with Gasteiger partial charge < -0.3 is 28.4 Å². The van der Waals surface area contributed by atoms with Crippen LogP contribution >= 0.6 is 0 Å². The minimum atomic E-state index is -0.111. The molecule has 0 aromatic heterocycles. The summed E-state index contributed by atoms with van der Waals surface area (Å²) in [5.74, 6) is 1.11. The number of fused-ring (bicyclic) bond motifs is 7. The molecule has 7 rings (SSSR count). The van der Waals surface area contributed by atoms with E-state index in [1.54, 1.807) is 0 Å². The van der Waals surface area contributed by atoms with Crippen molar-refractivity contribution in [3.05, 3.63) is 124 Å². The van der Waals surface area contributed by atoms with E-state index in [4.69, 9.17) is 28.4 Å². The molecule has 3 atom stereocenters. The van der Waals surface area contributed by atoms with Gasteiger partial charge in [-0.15, -0.1) is 0 Å². The van der Waals surface area contributed by atoms with Gasteiger partial charge in [0.25, 0.3) is 0 Å². The van der Waals surface area contributed by atoms with Crippen LogP contribution in [0.3, 0.4) is 0 Å². The summed E-state index contributed by atoms with van der Waals surface area (Å²) >= 11 is 0. The molecule has 6 nitrogen and oxygen atoms in total. The average Bonchev–Trinajstić information content (AvgIpc) is 3.14. The second-order valence-electron chi connectivity index (χ2n) is 12.9. The molecule has 0 spiro atoms. The number of ether oxygens (including phenoxy) is 6. The predicted molar refractivity (Wildman–Crippen MR) is 188 cm³/mol. The van der Waals surface area contributed by atoms with Crippen molar-refractivity contribution in [2.24, 2.45) is 0 Å². The lowest BCUT2D eigenvalue weighted by atomic mass is 9.67. The van der Waals surface area contributed by atoms with Crippen molar-refractivity contribution in [2.75, 3.05) is 66.1 Å². The van der Waals surface area contributed by atoms with E-state index >= 15 is 0 Å². The summed E-state index contributed by atoms with van der Waals surface area (Å²) in [4.78, 5) is 0. The summed E-state index contributed by atoms with van der Waals surface area (Å²) < 4.78 is 37.4. The summed E-state index contributed by atoms with van der Waals surface area (Å²) in [5, 5.41) is 0. The van der Waals surface area contributed by atoms with Crippen LogP contribution in [0.15, 0.2) is 91.0 Å². The van der Waals surface area contributed by atoms with Crippen molar-refractivity contribution in [2.45, 2.75) is 50.0 Å². The topological polar surface area (TPSA) is 55.4 Å². The van der Waals surface area contributed by atoms with Crippen LogP contribution in [0.5, 0.6) is 5.75 Å². The second kappa shape index (κ2) is 16.7. The third-order valence-electron chi connectivity index (χ3n) is 9.95. The van der Waals surface area contributed by atoms with Crippen molar-refractivity contribution in [1.29, 1.82) is 0 Å². The van der Waals surface area contributed by atoms with Crippen LogP contribution in [0.25, 0.3) is 11.1 Å². The van der Waals surface area contributed by atoms with Crippen molar-refractivity contribution in [3.8, 4) is 16.9 Å². The van der Waals surface area contributed by atoms with Crippen molar-refractivity contribution >= 4 is 0 Å². The Morgan fingerprint density at radius 3 is 1.88 bits per heavy atom. The molecule has 0 saturated carbocycles. The fourth-order valence-corrected chi connectivity index (χ4v) is 7.77. The molecule has 252 valence electrons. The van der Waals surface area contributed by atoms with Crippen molar-refractivity contribution < 1.29 is 28.4 Å². The number of aryl methyl sites for hydroxylation is 1. The standard InChI is InChI=1S/C42H48O6/c1-3-11-31(12-4-1)37-29-33-15-7-9-17-35(33)39-40-36-18-10-8-16-34(36)30-38(32-13-5-2-6-14-32)42(40)48-28-26-46-24-22-44-20-19-43-21-23-45-25-27-47-41(37)39/h1-7,9,11-15,17,30,37,39,41H,8,10,16,18-29H2/t37?,39-,41?/m1/s1. The third-order valence-corrected chi connectivity index (χ3v) is 9.95. The smallest absolute Gasteiger partial charge is 0.131 e. The Balaban J connectivity index is 1.39. The van der Waals surface area contributed by atoms with E-state index < -0.39 is 0 Å². The van der Waals surface area contributed by atoms with Gasteiger partial charge in [0.05, 0.1) is 65.6 Å². The van der Waals surface area contributed by atoms with Gasteiger partial charge in [-0.3, -0.25) is 0 Å². The van der Waals surface area contributed by atoms with E-state index in [1.807, 2.05) is 0 Å². The number of hydrogen-bond donors (Lipinski definition) is 0. The van der Waals surface area contributed by atoms with E-state index in [1.165, 1.54) is 51.8 Å². The van der Waals surface area contributed by atoms with E-state index in [2.05, 4.69) is 91.0 Å². The normalized spacial score (nSPS) is 23.0. The molecule has 3 aliphatic rings. The lowest BCUT2D eigenvalue weighted by molar-refractivity contribution is -0.0350. The monoisotopic (exact) mass is 648 g/mol. The Morgan fingerprint density at radius 2 is 1.15 bits per heavy atom. The molecule has 0 bridgehead atoms. The predicted octanol–water partition coefficient (Wildman–Crippen LogP) is 7.55. The molecular formula is C42H48O6. The van der Waals surface area contributed by atoms with E-state index in [9.17, 15) is 0 Å². The van der Waals surface area contributed by atoms with Gasteiger partial charge in [0.1, 0.15) is 12.4 Å². The first-order valence-corrected chi connectivity index (χ1v) is 17.8. The number of rotatable bonds is 2. The first kappa shape index (κ1) is 33.0. The molecule has 6 heteroatoms. The summed E-state index contributed by atoms with van der Waals surface area (Å²) in [6.07, 6.45) is 5.29. The fraction of sp³-hybridized carbons (Fsp3) is 0.429. The molecule has 0 N–H and O–H groups in total. The van der Waals surface area contributed by atoms with E-state index in [0.29, 0.717) is 66.1 Å². The van der Waals surface area contributed by atoms with Crippen LogP contribution in [0.2, 0.25) is 0 Å². The highest BCUT2D eigenvalue weighted by atomic mass is 16.6. The zero-order chi connectivity index (χ0) is 32.4. The van der Waals surface area contributed by atoms with Gasteiger partial charge in [-0.05, 0) is 71.6 Å². The number of hydrogen-bond acceptors (Lipinski definition) is 6. The van der Waals surface area contributed by atoms with Crippen LogP contribution in [0.4, 0.5) is 0 Å². The summed E-state index contributed by atoms with van der Waals surface area (Å²) in [6, 6.07) is 33.1. The average molecular weight is 649 g/mol. The highest BCUT2D eigenvalue weighted by Crippen LogP contribution is 2.52. The molecule has 4 aromatic rings. The maximum Gasteiger partial charge on any atom is 0.131 e. The van der Waals surface area contributed by atoms with E-state index in [-0.39, 0.29) is 17.9 Å². The fourth-order valence-electron chi connectivity index (χ4n) is 7.77. The third kappa shape index (κ3) is 7.69. The van der Waals surface area contributed by atoms with Crippen LogP contribution in [0.1, 0.15) is 58.1 Å². The highest BCUT2D eigenvalue weighted by Gasteiger charge is 2.42. The summed E-state index contributed by atoms with van der Waals surface area (Å²) in [5.41, 5.74) is 10.5. The molecule has 0 fully saturated rings. The molecule has 0 radical (unpaired) electrons. The highest BCUT2D eigenvalue weighted by molar-refractivity contribution is 5.76. The summed E-state index contributed by atoms with van der Waals surface area (Å²) in [6.45, 7) is 5.11. The lowest BCUT2D eigenvalue weighted by Gasteiger charge is -2.42. The Labute approximate surface area is 285 Å². The molecule has 1 heterocycles. The molecule has 48 heavy (non-hydrogen) atoms. The van der Waals surface area contributed by atoms with Crippen molar-refractivity contribution in [3.63, 3.8) is 0 Å². The van der Waals surface area contributed by atoms with Crippen molar-refractivity contribution in [1.82, 2.24) is 0 Å². The molecular weight excluding hydrogens is 600 g/mol. The van der Waals surface area contributed by atoms with Crippen LogP contribution in [-0.2, 0) is 42.9 Å². The number of benzene rings is 4. The van der Waals surface area contributed by atoms with Gasteiger partial charge in [0.2, 0.25) is 0 Å². The maximum absolute atomic E-state index is 7.08. The SMILES string of the molecule is c1ccc(-c2cc3c(c4c2OCCOCCOCCOCCOCCOC2C(c5ccccc5)Cc5ccccc5[C@H]42)CCCC3)cc1. The molecule has 0 saturated heterocycles. The first-order chi connectivity index (χ1) is 23.9. The zero-order valence-electron chi connectivity index (χ0n) is 27.9. The zero-order valence-corrected chi connectivity index (χ0v) is 27.9. The Bertz CT molecular complexity index is 1590. The maximum atomic E-state index is 7.08.